The smallest absolute Gasteiger partial charge is 0.0541 e. The average molecular weight is 113 g/mol. The zero-order valence-electron chi connectivity index (χ0n) is 3.85. The molecule has 0 aromatic carbocycles. The molecule has 0 heterocycles. The van der Waals surface area contributed by atoms with Crippen molar-refractivity contribution >= 4 is 22.0 Å². The fourth-order valence-electron chi connectivity index (χ4n) is 0.136. The van der Waals surface area contributed by atoms with Crippen molar-refractivity contribution in [2.45, 2.75) is 13.2 Å². The van der Waals surface area contributed by atoms with Crippen molar-refractivity contribution in [3.63, 3.8) is 0 Å². The van der Waals surface area contributed by atoms with Crippen LogP contribution in [0.3, 0.4) is 0 Å². The Morgan fingerprint density at radius 1 is 1.67 bits per heavy atom. The van der Waals surface area contributed by atoms with Gasteiger partial charge >= 0.3 is 0 Å². The van der Waals surface area contributed by atoms with Crippen LogP contribution in [0.4, 0.5) is 0 Å². The molecule has 0 aliphatic heterocycles. The first-order valence-corrected chi connectivity index (χ1v) is 1.78. The van der Waals surface area contributed by atoms with Crippen LogP contribution in [0.2, 0.25) is 6.32 Å². The van der Waals surface area contributed by atoms with Crippen LogP contribution in [-0.2, 0) is 17.4 Å². The predicted molar refractivity (Wildman–Crippen MR) is 27.7 cm³/mol. The summed E-state index contributed by atoms with van der Waals surface area (Å²) in [4.78, 5) is 0. The summed E-state index contributed by atoms with van der Waals surface area (Å²) in [6, 6.07) is 0. The molecule has 0 unspecified atom stereocenters. The number of hydrogen-bond donors (Lipinski definition) is 0. The molecular weight excluding hydrogens is 108 g/mol. The predicted octanol–water partition coefficient (Wildman–Crippen LogP) is -0.171. The van der Waals surface area contributed by atoms with E-state index in [1.807, 2.05) is 14.1 Å². The number of rotatable bonds is 2. The summed E-state index contributed by atoms with van der Waals surface area (Å²) >= 11 is 0. The minimum atomic E-state index is 0. The van der Waals surface area contributed by atoms with E-state index in [-0.39, 0.29) is 17.4 Å². The van der Waals surface area contributed by atoms with Crippen molar-refractivity contribution in [2.75, 3.05) is 0 Å². The summed E-state index contributed by atoms with van der Waals surface area (Å²) in [7, 11) is 8.42. The maximum Gasteiger partial charge on any atom is 0.0541 e. The van der Waals surface area contributed by atoms with Crippen LogP contribution in [0.15, 0.2) is 0 Å². The Morgan fingerprint density at radius 2 is 2.17 bits per heavy atom. The fraction of sp³-hybridized carbons (Fsp3) is 1.00. The maximum absolute atomic E-state index is 4.96. The molecule has 4 radical (unpaired) electrons. The third-order valence-electron chi connectivity index (χ3n) is 0.372. The van der Waals surface area contributed by atoms with E-state index in [1.54, 1.807) is 7.06 Å². The van der Waals surface area contributed by atoms with Crippen molar-refractivity contribution < 1.29 is 17.4 Å². The van der Waals surface area contributed by atoms with Gasteiger partial charge < -0.3 is 0 Å². The van der Waals surface area contributed by atoms with Gasteiger partial charge in [-0.3, -0.25) is 0 Å². The van der Waals surface area contributed by atoms with E-state index in [1.165, 1.54) is 0 Å². The normalized spacial score (nSPS) is 5.50. The molecule has 0 saturated heterocycles. The minimum absolute atomic E-state index is 0. The van der Waals surface area contributed by atoms with E-state index in [9.17, 15) is 0 Å². The van der Waals surface area contributed by atoms with Crippen LogP contribution in [0.25, 0.3) is 0 Å². The van der Waals surface area contributed by atoms with Crippen molar-refractivity contribution in [1.82, 2.24) is 0 Å². The summed E-state index contributed by atoms with van der Waals surface area (Å²) in [5, 5.41) is 0. The van der Waals surface area contributed by atoms with Gasteiger partial charge in [0.05, 0.1) is 7.17 Å². The Labute approximate surface area is 53.1 Å². The topological polar surface area (TPSA) is 0 Å². The second-order valence-corrected chi connectivity index (χ2v) is 0.836. The first-order valence-electron chi connectivity index (χ1n) is 1.78. The standard InChI is InChI=1S/C2H5B3.Cr/c1-2-4-5-3;/h2H2,1H3;. The molecule has 0 atom stereocenters. The Morgan fingerprint density at radius 3 is 2.17 bits per heavy atom. The molecule has 0 aliphatic carbocycles. The molecule has 0 nitrogen and oxygen atoms in total. The largest absolute Gasteiger partial charge is 0.0923 e. The van der Waals surface area contributed by atoms with Crippen molar-refractivity contribution in [3.05, 3.63) is 0 Å². The Balaban J connectivity index is 0. The number of hydrogen-bond acceptors (Lipinski definition) is 0. The van der Waals surface area contributed by atoms with Crippen molar-refractivity contribution in [2.24, 2.45) is 0 Å². The molecule has 4 heteroatoms. The van der Waals surface area contributed by atoms with Gasteiger partial charge in [-0.2, -0.15) is 0 Å². The fourth-order valence-corrected chi connectivity index (χ4v) is 0.136. The summed E-state index contributed by atoms with van der Waals surface area (Å²) in [6.45, 7) is 2.04. The average Bonchev–Trinajstić information content (AvgIpc) is 1.41. The molecule has 0 N–H and O–H groups in total. The van der Waals surface area contributed by atoms with Gasteiger partial charge in [0, 0.05) is 32.2 Å². The van der Waals surface area contributed by atoms with Crippen molar-refractivity contribution in [1.29, 1.82) is 0 Å². The molecule has 0 amide bonds. The zero-order chi connectivity index (χ0) is 4.12. The third kappa shape index (κ3) is 8.83. The SMILES string of the molecule is [B][B][B]CC.[Cr]. The van der Waals surface area contributed by atoms with E-state index >= 15 is 0 Å². The zero-order valence-corrected chi connectivity index (χ0v) is 5.12. The molecule has 0 fully saturated rings. The molecule has 6 heavy (non-hydrogen) atoms. The van der Waals surface area contributed by atoms with Gasteiger partial charge in [-0.25, -0.2) is 0 Å². The first kappa shape index (κ1) is 9.87. The molecule has 0 aromatic rings. The minimum Gasteiger partial charge on any atom is -0.0923 e. The molecule has 0 saturated carbocycles. The Kier molecular flexibility index (Phi) is 15.2. The Bertz CT molecular complexity index is 16.3. The molecule has 0 bridgehead atoms. The summed E-state index contributed by atoms with van der Waals surface area (Å²) < 4.78 is 0. The van der Waals surface area contributed by atoms with E-state index in [2.05, 4.69) is 0 Å². The van der Waals surface area contributed by atoms with Gasteiger partial charge in [0.25, 0.3) is 0 Å². The quantitative estimate of drug-likeness (QED) is 0.436. The molecule has 0 aromatic heterocycles. The Hall–Kier alpha value is 0.727. The van der Waals surface area contributed by atoms with Crippen molar-refractivity contribution in [3.8, 4) is 0 Å². The maximum atomic E-state index is 4.96. The van der Waals surface area contributed by atoms with E-state index in [0.29, 0.717) is 0 Å². The second-order valence-electron chi connectivity index (χ2n) is 0.836. The molecular formula is C2H5B3Cr. The van der Waals surface area contributed by atoms with Gasteiger partial charge in [-0.05, 0) is 0 Å². The van der Waals surface area contributed by atoms with Crippen LogP contribution < -0.4 is 0 Å². The van der Waals surface area contributed by atoms with Gasteiger partial charge in [-0.1, -0.05) is 13.2 Å². The van der Waals surface area contributed by atoms with E-state index in [0.717, 1.165) is 6.32 Å². The van der Waals surface area contributed by atoms with E-state index < -0.39 is 0 Å². The van der Waals surface area contributed by atoms with Crippen LogP contribution >= 0.6 is 0 Å². The van der Waals surface area contributed by atoms with Gasteiger partial charge in [0.1, 0.15) is 0 Å². The first-order chi connectivity index (χ1) is 2.41. The third-order valence-corrected chi connectivity index (χ3v) is 0.372. The molecule has 28 valence electrons. The van der Waals surface area contributed by atoms with Crippen LogP contribution in [0.5, 0.6) is 0 Å². The summed E-state index contributed by atoms with van der Waals surface area (Å²) in [5.74, 6) is 0. The molecule has 0 aliphatic rings. The second kappa shape index (κ2) is 9.21. The van der Waals surface area contributed by atoms with Gasteiger partial charge in [0.2, 0.25) is 0 Å². The van der Waals surface area contributed by atoms with Gasteiger partial charge in [0.15, 0.2) is 0 Å². The summed E-state index contributed by atoms with van der Waals surface area (Å²) in [5.41, 5.74) is 0. The monoisotopic (exact) mass is 114 g/mol. The van der Waals surface area contributed by atoms with Crippen LogP contribution in [0.1, 0.15) is 6.92 Å². The van der Waals surface area contributed by atoms with E-state index in [4.69, 9.17) is 7.74 Å². The summed E-state index contributed by atoms with van der Waals surface area (Å²) in [6.07, 6.45) is 1.04. The van der Waals surface area contributed by atoms with Crippen LogP contribution in [0, 0.1) is 0 Å². The van der Waals surface area contributed by atoms with Gasteiger partial charge in [-0.15, -0.1) is 0 Å². The molecule has 0 spiro atoms. The molecule has 0 rings (SSSR count). The van der Waals surface area contributed by atoms with Crippen LogP contribution in [-0.4, -0.2) is 22.0 Å².